The van der Waals surface area contributed by atoms with E-state index in [9.17, 15) is 9.18 Å². The normalized spacial score (nSPS) is 24.8. The molecule has 0 saturated carbocycles. The Morgan fingerprint density at radius 1 is 1.39 bits per heavy atom. The number of halogens is 2. The van der Waals surface area contributed by atoms with E-state index in [1.807, 2.05) is 11.0 Å². The Morgan fingerprint density at radius 2 is 2.26 bits per heavy atom. The predicted molar refractivity (Wildman–Crippen MR) is 89.2 cm³/mol. The largest absolute Gasteiger partial charge is 0.378 e. The lowest BCUT2D eigenvalue weighted by Crippen LogP contribution is -2.49. The summed E-state index contributed by atoms with van der Waals surface area (Å²) in [5, 5.41) is 3.29. The SMILES string of the molecule is Cl.O=C(CC1CCCCO1)N1CCNCC1c1cccc(F)c1. The fraction of sp³-hybridized carbons (Fsp3) is 0.588. The highest BCUT2D eigenvalue weighted by Gasteiger charge is 2.30. The second kappa shape index (κ2) is 8.62. The van der Waals surface area contributed by atoms with E-state index in [4.69, 9.17) is 4.74 Å². The van der Waals surface area contributed by atoms with Crippen molar-refractivity contribution in [2.24, 2.45) is 0 Å². The molecule has 23 heavy (non-hydrogen) atoms. The summed E-state index contributed by atoms with van der Waals surface area (Å²) < 4.78 is 19.2. The summed E-state index contributed by atoms with van der Waals surface area (Å²) >= 11 is 0. The van der Waals surface area contributed by atoms with E-state index in [0.29, 0.717) is 19.5 Å². The molecule has 128 valence electrons. The number of nitrogens with zero attached hydrogens (tertiary/aromatic N) is 1. The second-order valence-corrected chi connectivity index (χ2v) is 6.05. The van der Waals surface area contributed by atoms with E-state index in [1.54, 1.807) is 6.07 Å². The molecule has 2 aliphatic heterocycles. The van der Waals surface area contributed by atoms with Crippen LogP contribution in [0.4, 0.5) is 4.39 Å². The van der Waals surface area contributed by atoms with Crippen LogP contribution in [0, 0.1) is 5.82 Å². The third-order valence-corrected chi connectivity index (χ3v) is 4.47. The monoisotopic (exact) mass is 342 g/mol. The zero-order valence-corrected chi connectivity index (χ0v) is 14.0. The van der Waals surface area contributed by atoms with Crippen LogP contribution in [-0.2, 0) is 9.53 Å². The lowest BCUT2D eigenvalue weighted by Gasteiger charge is -2.37. The topological polar surface area (TPSA) is 41.6 Å². The zero-order valence-electron chi connectivity index (χ0n) is 13.2. The molecule has 0 radical (unpaired) electrons. The molecule has 2 saturated heterocycles. The molecule has 2 unspecified atom stereocenters. The molecule has 2 atom stereocenters. The van der Waals surface area contributed by atoms with Crippen LogP contribution < -0.4 is 5.32 Å². The summed E-state index contributed by atoms with van der Waals surface area (Å²) in [6.45, 7) is 2.86. The van der Waals surface area contributed by atoms with E-state index in [1.165, 1.54) is 12.1 Å². The molecule has 0 aliphatic carbocycles. The van der Waals surface area contributed by atoms with E-state index in [2.05, 4.69) is 5.32 Å². The van der Waals surface area contributed by atoms with Crippen molar-refractivity contribution in [3.05, 3.63) is 35.6 Å². The van der Waals surface area contributed by atoms with Crippen molar-refractivity contribution < 1.29 is 13.9 Å². The molecule has 1 aromatic rings. The van der Waals surface area contributed by atoms with Gasteiger partial charge in [0.05, 0.1) is 18.6 Å². The van der Waals surface area contributed by atoms with Crippen LogP contribution in [0.15, 0.2) is 24.3 Å². The molecule has 1 amide bonds. The van der Waals surface area contributed by atoms with Crippen LogP contribution >= 0.6 is 12.4 Å². The maximum absolute atomic E-state index is 13.5. The van der Waals surface area contributed by atoms with Crippen molar-refractivity contribution in [2.75, 3.05) is 26.2 Å². The van der Waals surface area contributed by atoms with Crippen LogP contribution in [0.2, 0.25) is 0 Å². The number of hydrogen-bond acceptors (Lipinski definition) is 3. The van der Waals surface area contributed by atoms with Gasteiger partial charge in [0.25, 0.3) is 0 Å². The molecular weight excluding hydrogens is 319 g/mol. The zero-order chi connectivity index (χ0) is 15.4. The fourth-order valence-corrected chi connectivity index (χ4v) is 3.29. The summed E-state index contributed by atoms with van der Waals surface area (Å²) in [6, 6.07) is 6.45. The minimum atomic E-state index is -0.258. The Kier molecular flexibility index (Phi) is 6.81. The molecule has 0 bridgehead atoms. The average molecular weight is 343 g/mol. The number of ether oxygens (including phenoxy) is 1. The van der Waals surface area contributed by atoms with Gasteiger partial charge in [-0.15, -0.1) is 12.4 Å². The van der Waals surface area contributed by atoms with E-state index < -0.39 is 0 Å². The molecule has 1 N–H and O–H groups in total. The maximum atomic E-state index is 13.5. The standard InChI is InChI=1S/C17H23FN2O2.ClH/c18-14-5-3-4-13(10-14)16-12-19-7-8-20(16)17(21)11-15-6-1-2-9-22-15;/h3-5,10,15-16,19H,1-2,6-9,11-12H2;1H. The highest BCUT2D eigenvalue weighted by atomic mass is 35.5. The summed E-state index contributed by atoms with van der Waals surface area (Å²) in [6.07, 6.45) is 3.66. The van der Waals surface area contributed by atoms with Crippen molar-refractivity contribution in [3.63, 3.8) is 0 Å². The second-order valence-electron chi connectivity index (χ2n) is 6.05. The van der Waals surface area contributed by atoms with E-state index in [-0.39, 0.29) is 36.3 Å². The summed E-state index contributed by atoms with van der Waals surface area (Å²) in [4.78, 5) is 14.5. The van der Waals surface area contributed by atoms with Crippen molar-refractivity contribution in [1.82, 2.24) is 10.2 Å². The number of piperazine rings is 1. The minimum absolute atomic E-state index is 0. The quantitative estimate of drug-likeness (QED) is 0.918. The third-order valence-electron chi connectivity index (χ3n) is 4.47. The minimum Gasteiger partial charge on any atom is -0.378 e. The number of amides is 1. The number of carbonyl (C=O) groups excluding carboxylic acids is 1. The van der Waals surface area contributed by atoms with Crippen molar-refractivity contribution in [2.45, 2.75) is 37.8 Å². The van der Waals surface area contributed by atoms with Gasteiger partial charge in [0.15, 0.2) is 0 Å². The van der Waals surface area contributed by atoms with Crippen LogP contribution in [0.1, 0.15) is 37.3 Å². The third kappa shape index (κ3) is 4.66. The van der Waals surface area contributed by atoms with Gasteiger partial charge >= 0.3 is 0 Å². The Labute approximate surface area is 142 Å². The van der Waals surface area contributed by atoms with Gasteiger partial charge < -0.3 is 15.0 Å². The Hall–Kier alpha value is -1.17. The van der Waals surface area contributed by atoms with Gasteiger partial charge in [-0.05, 0) is 37.0 Å². The van der Waals surface area contributed by atoms with Crippen LogP contribution in [-0.4, -0.2) is 43.2 Å². The van der Waals surface area contributed by atoms with Crippen LogP contribution in [0.5, 0.6) is 0 Å². The Morgan fingerprint density at radius 3 is 3.00 bits per heavy atom. The van der Waals surface area contributed by atoms with E-state index >= 15 is 0 Å². The molecule has 2 heterocycles. The fourth-order valence-electron chi connectivity index (χ4n) is 3.29. The first kappa shape index (κ1) is 18.2. The van der Waals surface area contributed by atoms with Crippen molar-refractivity contribution >= 4 is 18.3 Å². The molecule has 2 fully saturated rings. The average Bonchev–Trinajstić information content (AvgIpc) is 2.56. The highest BCUT2D eigenvalue weighted by molar-refractivity contribution is 5.85. The predicted octanol–water partition coefficient (Wildman–Crippen LogP) is 2.68. The van der Waals surface area contributed by atoms with Gasteiger partial charge in [-0.2, -0.15) is 0 Å². The highest BCUT2D eigenvalue weighted by Crippen LogP contribution is 2.25. The molecule has 6 heteroatoms. The maximum Gasteiger partial charge on any atom is 0.225 e. The summed E-state index contributed by atoms with van der Waals surface area (Å²) in [5.41, 5.74) is 0.852. The number of benzene rings is 1. The van der Waals surface area contributed by atoms with Gasteiger partial charge in [0.1, 0.15) is 5.82 Å². The van der Waals surface area contributed by atoms with Gasteiger partial charge in [-0.1, -0.05) is 12.1 Å². The molecule has 0 spiro atoms. The summed E-state index contributed by atoms with van der Waals surface area (Å²) in [7, 11) is 0. The van der Waals surface area contributed by atoms with Gasteiger partial charge in [-0.25, -0.2) is 4.39 Å². The Balaban J connectivity index is 0.00000192. The molecule has 1 aromatic carbocycles. The number of carbonyl (C=O) groups is 1. The molecule has 2 aliphatic rings. The smallest absolute Gasteiger partial charge is 0.225 e. The lowest BCUT2D eigenvalue weighted by molar-refractivity contribution is -0.138. The first-order valence-corrected chi connectivity index (χ1v) is 8.11. The molecule has 0 aromatic heterocycles. The molecule has 4 nitrogen and oxygen atoms in total. The van der Waals surface area contributed by atoms with Gasteiger partial charge in [0, 0.05) is 26.2 Å². The first-order valence-electron chi connectivity index (χ1n) is 8.11. The van der Waals surface area contributed by atoms with E-state index in [0.717, 1.165) is 38.0 Å². The number of rotatable bonds is 3. The number of nitrogens with one attached hydrogen (secondary N) is 1. The molecule has 3 rings (SSSR count). The first-order chi connectivity index (χ1) is 10.7. The lowest BCUT2D eigenvalue weighted by atomic mass is 10.0. The van der Waals surface area contributed by atoms with Crippen molar-refractivity contribution in [3.8, 4) is 0 Å². The number of hydrogen-bond donors (Lipinski definition) is 1. The van der Waals surface area contributed by atoms with Crippen molar-refractivity contribution in [1.29, 1.82) is 0 Å². The summed E-state index contributed by atoms with van der Waals surface area (Å²) in [5.74, 6) is -0.145. The van der Waals surface area contributed by atoms with Gasteiger partial charge in [-0.3, -0.25) is 4.79 Å². The Bertz CT molecular complexity index is 523. The van der Waals surface area contributed by atoms with Crippen LogP contribution in [0.25, 0.3) is 0 Å². The molecular formula is C17H24ClFN2O2. The van der Waals surface area contributed by atoms with Crippen LogP contribution in [0.3, 0.4) is 0 Å². The van der Waals surface area contributed by atoms with Gasteiger partial charge in [0.2, 0.25) is 5.91 Å².